The number of esters is 1. The molecule has 17 heavy (non-hydrogen) atoms. The number of carbonyl (C=O) groups excluding carboxylic acids is 1. The van der Waals surface area contributed by atoms with Crippen LogP contribution in [0.3, 0.4) is 0 Å². The maximum atomic E-state index is 11.5. The van der Waals surface area contributed by atoms with Crippen LogP contribution < -0.4 is 0 Å². The second kappa shape index (κ2) is 4.17. The number of carbonyl (C=O) groups is 1. The SMILES string of the molecule is CCOC(=O)c1cn(C2CC3CCC2C3)cn1. The minimum absolute atomic E-state index is 0.311. The Labute approximate surface area is 101 Å². The van der Waals surface area contributed by atoms with Crippen LogP contribution in [-0.2, 0) is 4.74 Å². The Morgan fingerprint density at radius 2 is 2.41 bits per heavy atom. The fourth-order valence-corrected chi connectivity index (χ4v) is 3.40. The van der Waals surface area contributed by atoms with Crippen LogP contribution in [0, 0.1) is 11.8 Å². The maximum Gasteiger partial charge on any atom is 0.358 e. The van der Waals surface area contributed by atoms with Crippen LogP contribution in [0.1, 0.15) is 49.1 Å². The quantitative estimate of drug-likeness (QED) is 0.754. The van der Waals surface area contributed by atoms with E-state index >= 15 is 0 Å². The number of nitrogens with zero attached hydrogens (tertiary/aromatic N) is 2. The zero-order valence-corrected chi connectivity index (χ0v) is 10.1. The lowest BCUT2D eigenvalue weighted by molar-refractivity contribution is 0.0520. The fourth-order valence-electron chi connectivity index (χ4n) is 3.40. The van der Waals surface area contributed by atoms with Gasteiger partial charge in [0.2, 0.25) is 0 Å². The van der Waals surface area contributed by atoms with Gasteiger partial charge in [0, 0.05) is 12.2 Å². The van der Waals surface area contributed by atoms with Crippen molar-refractivity contribution in [3.8, 4) is 0 Å². The standard InChI is InChI=1S/C13H18N2O2/c1-2-17-13(16)11-7-15(8-14-11)12-6-9-3-4-10(12)5-9/h7-10,12H,2-6H2,1H3. The molecule has 2 fully saturated rings. The van der Waals surface area contributed by atoms with Crippen LogP contribution in [-0.4, -0.2) is 22.1 Å². The zero-order chi connectivity index (χ0) is 11.8. The lowest BCUT2D eigenvalue weighted by atomic mass is 9.95. The summed E-state index contributed by atoms with van der Waals surface area (Å²) in [6.07, 6.45) is 8.98. The van der Waals surface area contributed by atoms with Gasteiger partial charge in [0.15, 0.2) is 5.69 Å². The maximum absolute atomic E-state index is 11.5. The van der Waals surface area contributed by atoms with E-state index in [-0.39, 0.29) is 5.97 Å². The van der Waals surface area contributed by atoms with Crippen molar-refractivity contribution in [1.29, 1.82) is 0 Å². The Kier molecular flexibility index (Phi) is 2.65. The van der Waals surface area contributed by atoms with Gasteiger partial charge >= 0.3 is 5.97 Å². The highest BCUT2D eigenvalue weighted by Gasteiger charge is 2.40. The van der Waals surface area contributed by atoms with E-state index in [2.05, 4.69) is 9.55 Å². The van der Waals surface area contributed by atoms with E-state index in [0.29, 0.717) is 18.3 Å². The van der Waals surface area contributed by atoms with Crippen molar-refractivity contribution in [2.75, 3.05) is 6.61 Å². The lowest BCUT2D eigenvalue weighted by Crippen LogP contribution is -2.14. The summed E-state index contributed by atoms with van der Waals surface area (Å²) in [7, 11) is 0. The van der Waals surface area contributed by atoms with Crippen LogP contribution in [0.5, 0.6) is 0 Å². The van der Waals surface area contributed by atoms with Crippen molar-refractivity contribution in [2.45, 2.75) is 38.6 Å². The molecule has 0 radical (unpaired) electrons. The molecule has 0 saturated heterocycles. The molecule has 1 heterocycles. The molecular weight excluding hydrogens is 216 g/mol. The van der Waals surface area contributed by atoms with Gasteiger partial charge in [-0.05, 0) is 38.0 Å². The van der Waals surface area contributed by atoms with Gasteiger partial charge < -0.3 is 9.30 Å². The summed E-state index contributed by atoms with van der Waals surface area (Å²) < 4.78 is 7.07. The molecular formula is C13H18N2O2. The Morgan fingerprint density at radius 1 is 1.53 bits per heavy atom. The van der Waals surface area contributed by atoms with Crippen molar-refractivity contribution < 1.29 is 9.53 Å². The van der Waals surface area contributed by atoms with Gasteiger partial charge in [-0.15, -0.1) is 0 Å². The third kappa shape index (κ3) is 1.85. The van der Waals surface area contributed by atoms with E-state index in [1.54, 1.807) is 6.33 Å². The molecule has 0 spiro atoms. The summed E-state index contributed by atoms with van der Waals surface area (Å²) in [4.78, 5) is 15.7. The number of ether oxygens (including phenoxy) is 1. The second-order valence-corrected chi connectivity index (χ2v) is 5.17. The first-order chi connectivity index (χ1) is 8.28. The molecule has 0 amide bonds. The molecule has 2 saturated carbocycles. The summed E-state index contributed by atoms with van der Waals surface area (Å²) in [5.41, 5.74) is 0.439. The molecule has 2 aliphatic carbocycles. The largest absolute Gasteiger partial charge is 0.461 e. The monoisotopic (exact) mass is 234 g/mol. The van der Waals surface area contributed by atoms with E-state index in [1.807, 2.05) is 13.1 Å². The fraction of sp³-hybridized carbons (Fsp3) is 0.692. The van der Waals surface area contributed by atoms with Gasteiger partial charge in [-0.25, -0.2) is 9.78 Å². The van der Waals surface area contributed by atoms with Crippen LogP contribution in [0.15, 0.2) is 12.5 Å². The topological polar surface area (TPSA) is 44.1 Å². The smallest absolute Gasteiger partial charge is 0.358 e. The molecule has 3 unspecified atom stereocenters. The van der Waals surface area contributed by atoms with Crippen molar-refractivity contribution in [1.82, 2.24) is 9.55 Å². The molecule has 0 aliphatic heterocycles. The molecule has 3 atom stereocenters. The van der Waals surface area contributed by atoms with Crippen LogP contribution >= 0.6 is 0 Å². The molecule has 2 aliphatic rings. The van der Waals surface area contributed by atoms with E-state index in [0.717, 1.165) is 11.8 Å². The summed E-state index contributed by atoms with van der Waals surface area (Å²) in [6.45, 7) is 2.21. The minimum Gasteiger partial charge on any atom is -0.461 e. The summed E-state index contributed by atoms with van der Waals surface area (Å²) in [5.74, 6) is 1.39. The zero-order valence-electron chi connectivity index (χ0n) is 10.1. The third-order valence-corrected chi connectivity index (χ3v) is 4.17. The van der Waals surface area contributed by atoms with Crippen molar-refractivity contribution in [2.24, 2.45) is 11.8 Å². The Morgan fingerprint density at radius 3 is 3.06 bits per heavy atom. The summed E-state index contributed by atoms with van der Waals surface area (Å²) in [5, 5.41) is 0. The van der Waals surface area contributed by atoms with Gasteiger partial charge in [0.1, 0.15) is 0 Å². The van der Waals surface area contributed by atoms with Crippen LogP contribution in [0.25, 0.3) is 0 Å². The highest BCUT2D eigenvalue weighted by atomic mass is 16.5. The average Bonchev–Trinajstić information content (AvgIpc) is 3.05. The number of hydrogen-bond acceptors (Lipinski definition) is 3. The first-order valence-electron chi connectivity index (χ1n) is 6.48. The van der Waals surface area contributed by atoms with Gasteiger partial charge in [0.05, 0.1) is 12.9 Å². The molecule has 0 aromatic carbocycles. The van der Waals surface area contributed by atoms with Crippen LogP contribution in [0.4, 0.5) is 0 Å². The van der Waals surface area contributed by atoms with Gasteiger partial charge in [-0.2, -0.15) is 0 Å². The Bertz CT molecular complexity index is 427. The number of imidazole rings is 1. The predicted molar refractivity (Wildman–Crippen MR) is 62.7 cm³/mol. The first kappa shape index (κ1) is 10.8. The van der Waals surface area contributed by atoms with E-state index in [4.69, 9.17) is 4.74 Å². The van der Waals surface area contributed by atoms with Crippen molar-refractivity contribution in [3.63, 3.8) is 0 Å². The van der Waals surface area contributed by atoms with Gasteiger partial charge in [0.25, 0.3) is 0 Å². The molecule has 3 rings (SSSR count). The number of rotatable bonds is 3. The minimum atomic E-state index is -0.311. The van der Waals surface area contributed by atoms with Crippen LogP contribution in [0.2, 0.25) is 0 Å². The molecule has 1 aromatic heterocycles. The molecule has 0 N–H and O–H groups in total. The number of hydrogen-bond donors (Lipinski definition) is 0. The molecule has 92 valence electrons. The number of aromatic nitrogens is 2. The highest BCUT2D eigenvalue weighted by Crippen LogP contribution is 2.50. The molecule has 4 nitrogen and oxygen atoms in total. The highest BCUT2D eigenvalue weighted by molar-refractivity contribution is 5.86. The molecule has 2 bridgehead atoms. The molecule has 4 heteroatoms. The Balaban J connectivity index is 1.74. The average molecular weight is 234 g/mol. The van der Waals surface area contributed by atoms with E-state index in [1.165, 1.54) is 25.7 Å². The summed E-state index contributed by atoms with van der Waals surface area (Å²) >= 11 is 0. The third-order valence-electron chi connectivity index (χ3n) is 4.17. The van der Waals surface area contributed by atoms with Gasteiger partial charge in [-0.1, -0.05) is 6.42 Å². The Hall–Kier alpha value is -1.32. The molecule has 1 aromatic rings. The van der Waals surface area contributed by atoms with E-state index in [9.17, 15) is 4.79 Å². The van der Waals surface area contributed by atoms with Crippen molar-refractivity contribution in [3.05, 3.63) is 18.2 Å². The van der Waals surface area contributed by atoms with Crippen molar-refractivity contribution >= 4 is 5.97 Å². The number of fused-ring (bicyclic) bond motifs is 2. The first-order valence-corrected chi connectivity index (χ1v) is 6.48. The van der Waals surface area contributed by atoms with E-state index < -0.39 is 0 Å². The predicted octanol–water partition coefficient (Wildman–Crippen LogP) is 2.42. The second-order valence-electron chi connectivity index (χ2n) is 5.17. The normalized spacial score (nSPS) is 30.8. The lowest BCUT2D eigenvalue weighted by Gasteiger charge is -2.22. The summed E-state index contributed by atoms with van der Waals surface area (Å²) in [6, 6.07) is 0.560. The van der Waals surface area contributed by atoms with Gasteiger partial charge in [-0.3, -0.25) is 0 Å².